The fourth-order valence-corrected chi connectivity index (χ4v) is 2.41. The maximum Gasteiger partial charge on any atom is 0.309 e. The zero-order valence-corrected chi connectivity index (χ0v) is 12.9. The Morgan fingerprint density at radius 2 is 2.16 bits per heavy atom. The molecule has 0 saturated heterocycles. The summed E-state index contributed by atoms with van der Waals surface area (Å²) in [7, 11) is 0. The standard InChI is InChI=1S/C15H19BrO3/c1-15(2,14(17)18)8-11-4-3-5-12(16)13(11)19-9-10-6-7-10/h3-5,10H,6-9H2,1-2H3,(H,17,18). The van der Waals surface area contributed by atoms with Gasteiger partial charge >= 0.3 is 5.97 Å². The van der Waals surface area contributed by atoms with Crippen LogP contribution < -0.4 is 4.74 Å². The van der Waals surface area contributed by atoms with Crippen molar-refractivity contribution in [2.45, 2.75) is 33.1 Å². The third kappa shape index (κ3) is 3.72. The number of hydrogen-bond acceptors (Lipinski definition) is 2. The molecule has 4 heteroatoms. The Balaban J connectivity index is 2.18. The summed E-state index contributed by atoms with van der Waals surface area (Å²) in [5.41, 5.74) is 0.154. The average Bonchev–Trinajstić information content (AvgIpc) is 3.11. The van der Waals surface area contributed by atoms with Gasteiger partial charge in [-0.15, -0.1) is 0 Å². The predicted octanol–water partition coefficient (Wildman–Crippen LogP) is 3.89. The summed E-state index contributed by atoms with van der Waals surface area (Å²) < 4.78 is 6.77. The third-order valence-corrected chi connectivity index (χ3v) is 4.04. The molecule has 0 atom stereocenters. The lowest BCUT2D eigenvalue weighted by atomic mass is 9.85. The van der Waals surface area contributed by atoms with Crippen molar-refractivity contribution in [3.63, 3.8) is 0 Å². The Bertz CT molecular complexity index is 478. The highest BCUT2D eigenvalue weighted by Gasteiger charge is 2.29. The summed E-state index contributed by atoms with van der Waals surface area (Å²) in [5.74, 6) is 0.678. The Morgan fingerprint density at radius 3 is 2.74 bits per heavy atom. The number of carboxylic acid groups (broad SMARTS) is 1. The van der Waals surface area contributed by atoms with Crippen molar-refractivity contribution in [1.82, 2.24) is 0 Å². The van der Waals surface area contributed by atoms with Crippen molar-refractivity contribution >= 4 is 21.9 Å². The second-order valence-electron chi connectivity index (χ2n) is 5.85. The number of aliphatic carboxylic acids is 1. The molecule has 0 bridgehead atoms. The van der Waals surface area contributed by atoms with E-state index in [1.54, 1.807) is 13.8 Å². The van der Waals surface area contributed by atoms with Gasteiger partial charge in [0.25, 0.3) is 0 Å². The van der Waals surface area contributed by atoms with Crippen molar-refractivity contribution < 1.29 is 14.6 Å². The van der Waals surface area contributed by atoms with Crippen molar-refractivity contribution in [3.8, 4) is 5.75 Å². The molecule has 0 unspecified atom stereocenters. The molecule has 104 valence electrons. The molecule has 0 aliphatic heterocycles. The van der Waals surface area contributed by atoms with Gasteiger partial charge in [0, 0.05) is 0 Å². The van der Waals surface area contributed by atoms with Gasteiger partial charge in [-0.3, -0.25) is 4.79 Å². The molecule has 1 aromatic rings. The SMILES string of the molecule is CC(C)(Cc1cccc(Br)c1OCC1CC1)C(=O)O. The zero-order valence-electron chi connectivity index (χ0n) is 11.3. The average molecular weight is 327 g/mol. The second kappa shape index (κ2) is 5.53. The topological polar surface area (TPSA) is 46.5 Å². The van der Waals surface area contributed by atoms with Gasteiger partial charge in [0.05, 0.1) is 16.5 Å². The highest BCUT2D eigenvalue weighted by atomic mass is 79.9. The van der Waals surface area contributed by atoms with Gasteiger partial charge in [0.2, 0.25) is 0 Å². The third-order valence-electron chi connectivity index (χ3n) is 3.42. The van der Waals surface area contributed by atoms with Crippen molar-refractivity contribution in [1.29, 1.82) is 0 Å². The monoisotopic (exact) mass is 326 g/mol. The van der Waals surface area contributed by atoms with Crippen LogP contribution in [0.25, 0.3) is 0 Å². The Hall–Kier alpha value is -1.03. The van der Waals surface area contributed by atoms with Gasteiger partial charge in [0.1, 0.15) is 5.75 Å². The van der Waals surface area contributed by atoms with Crippen LogP contribution in [-0.4, -0.2) is 17.7 Å². The normalized spacial score (nSPS) is 15.3. The van der Waals surface area contributed by atoms with Crippen LogP contribution in [0.2, 0.25) is 0 Å². The highest BCUT2D eigenvalue weighted by molar-refractivity contribution is 9.10. The van der Waals surface area contributed by atoms with Gasteiger partial charge in [-0.05, 0) is 66.6 Å². The van der Waals surface area contributed by atoms with E-state index in [1.807, 2.05) is 18.2 Å². The van der Waals surface area contributed by atoms with E-state index in [0.29, 0.717) is 12.3 Å². The fourth-order valence-electron chi connectivity index (χ4n) is 1.89. The molecule has 0 spiro atoms. The van der Waals surface area contributed by atoms with Gasteiger partial charge in [-0.1, -0.05) is 12.1 Å². The van der Waals surface area contributed by atoms with Gasteiger partial charge < -0.3 is 9.84 Å². The lowest BCUT2D eigenvalue weighted by Crippen LogP contribution is -2.26. The Morgan fingerprint density at radius 1 is 1.47 bits per heavy atom. The molecule has 1 aliphatic carbocycles. The first-order chi connectivity index (χ1) is 8.90. The molecule has 0 amide bonds. The highest BCUT2D eigenvalue weighted by Crippen LogP contribution is 2.36. The maximum absolute atomic E-state index is 11.2. The lowest BCUT2D eigenvalue weighted by molar-refractivity contribution is -0.146. The summed E-state index contributed by atoms with van der Waals surface area (Å²) in [5, 5.41) is 9.24. The molecule has 1 aliphatic rings. The van der Waals surface area contributed by atoms with E-state index in [4.69, 9.17) is 4.74 Å². The molecule has 1 N–H and O–H groups in total. The Kier molecular flexibility index (Phi) is 4.19. The molecular formula is C15H19BrO3. The number of carboxylic acids is 1. The van der Waals surface area contributed by atoms with Gasteiger partial charge in [-0.25, -0.2) is 0 Å². The lowest BCUT2D eigenvalue weighted by Gasteiger charge is -2.21. The number of para-hydroxylation sites is 1. The van der Waals surface area contributed by atoms with E-state index < -0.39 is 11.4 Å². The van der Waals surface area contributed by atoms with E-state index >= 15 is 0 Å². The molecule has 1 fully saturated rings. The number of benzene rings is 1. The minimum Gasteiger partial charge on any atom is -0.492 e. The van der Waals surface area contributed by atoms with E-state index in [-0.39, 0.29) is 0 Å². The van der Waals surface area contributed by atoms with E-state index in [9.17, 15) is 9.90 Å². The van der Waals surface area contributed by atoms with Crippen LogP contribution in [0.1, 0.15) is 32.3 Å². The van der Waals surface area contributed by atoms with Crippen LogP contribution in [0, 0.1) is 11.3 Å². The first-order valence-electron chi connectivity index (χ1n) is 6.54. The van der Waals surface area contributed by atoms with Crippen molar-refractivity contribution in [2.75, 3.05) is 6.61 Å². The molecule has 19 heavy (non-hydrogen) atoms. The summed E-state index contributed by atoms with van der Waals surface area (Å²) in [6, 6.07) is 5.79. The first-order valence-corrected chi connectivity index (χ1v) is 7.33. The second-order valence-corrected chi connectivity index (χ2v) is 6.70. The van der Waals surface area contributed by atoms with Crippen molar-refractivity contribution in [3.05, 3.63) is 28.2 Å². The summed E-state index contributed by atoms with van der Waals surface area (Å²) in [6.07, 6.45) is 2.93. The molecule has 0 aromatic heterocycles. The largest absolute Gasteiger partial charge is 0.492 e. The molecule has 0 radical (unpaired) electrons. The first kappa shape index (κ1) is 14.4. The van der Waals surface area contributed by atoms with Crippen LogP contribution in [0.5, 0.6) is 5.75 Å². The number of halogens is 1. The minimum absolute atomic E-state index is 0.460. The maximum atomic E-state index is 11.2. The molecule has 1 aromatic carbocycles. The molecule has 3 nitrogen and oxygen atoms in total. The van der Waals surface area contributed by atoms with Crippen LogP contribution in [0.15, 0.2) is 22.7 Å². The smallest absolute Gasteiger partial charge is 0.309 e. The summed E-state index contributed by atoms with van der Waals surface area (Å²) >= 11 is 3.49. The van der Waals surface area contributed by atoms with E-state index in [0.717, 1.165) is 22.4 Å². The number of ether oxygens (including phenoxy) is 1. The quantitative estimate of drug-likeness (QED) is 0.862. The van der Waals surface area contributed by atoms with Crippen LogP contribution in [0.4, 0.5) is 0 Å². The number of hydrogen-bond donors (Lipinski definition) is 1. The Labute approximate surface area is 122 Å². The van der Waals surface area contributed by atoms with Gasteiger partial charge in [0.15, 0.2) is 0 Å². The van der Waals surface area contributed by atoms with E-state index in [2.05, 4.69) is 15.9 Å². The van der Waals surface area contributed by atoms with Crippen LogP contribution in [-0.2, 0) is 11.2 Å². The molecule has 2 rings (SSSR count). The fraction of sp³-hybridized carbons (Fsp3) is 0.533. The van der Waals surface area contributed by atoms with Crippen LogP contribution in [0.3, 0.4) is 0 Å². The number of rotatable bonds is 6. The number of carbonyl (C=O) groups is 1. The van der Waals surface area contributed by atoms with E-state index in [1.165, 1.54) is 12.8 Å². The summed E-state index contributed by atoms with van der Waals surface area (Å²) in [4.78, 5) is 11.2. The minimum atomic E-state index is -0.793. The summed E-state index contributed by atoms with van der Waals surface area (Å²) in [6.45, 7) is 4.20. The predicted molar refractivity (Wildman–Crippen MR) is 77.5 cm³/mol. The van der Waals surface area contributed by atoms with Crippen molar-refractivity contribution in [2.24, 2.45) is 11.3 Å². The zero-order chi connectivity index (χ0) is 14.0. The van der Waals surface area contributed by atoms with Crippen LogP contribution >= 0.6 is 15.9 Å². The molecular weight excluding hydrogens is 308 g/mol. The van der Waals surface area contributed by atoms with Gasteiger partial charge in [-0.2, -0.15) is 0 Å². The molecule has 0 heterocycles. The molecule has 1 saturated carbocycles.